The molecule has 0 saturated carbocycles. The lowest BCUT2D eigenvalue weighted by atomic mass is 10.0. The van der Waals surface area contributed by atoms with Gasteiger partial charge in [-0.1, -0.05) is 55.5 Å². The number of aryl methyl sites for hydroxylation is 1. The van der Waals surface area contributed by atoms with Crippen LogP contribution in [0.1, 0.15) is 37.0 Å². The smallest absolute Gasteiger partial charge is 0.409 e. The first kappa shape index (κ1) is 23.0. The molecule has 0 aliphatic carbocycles. The second-order valence-corrected chi connectivity index (χ2v) is 7.24. The van der Waals surface area contributed by atoms with Crippen LogP contribution in [-0.4, -0.2) is 43.0 Å². The van der Waals surface area contributed by atoms with Crippen molar-refractivity contribution in [1.29, 1.82) is 0 Å². The van der Waals surface area contributed by atoms with Gasteiger partial charge >= 0.3 is 12.1 Å². The van der Waals surface area contributed by atoms with Crippen LogP contribution in [0.25, 0.3) is 0 Å². The van der Waals surface area contributed by atoms with Crippen molar-refractivity contribution < 1.29 is 23.9 Å². The Kier molecular flexibility index (Phi) is 7.59. The van der Waals surface area contributed by atoms with Crippen molar-refractivity contribution >= 4 is 29.4 Å². The molecular weight excluding hydrogens is 410 g/mol. The lowest BCUT2D eigenvalue weighted by molar-refractivity contribution is -0.142. The number of para-hydroxylation sites is 1. The summed E-state index contributed by atoms with van der Waals surface area (Å²) in [6, 6.07) is 14.8. The van der Waals surface area contributed by atoms with E-state index in [9.17, 15) is 14.4 Å². The van der Waals surface area contributed by atoms with Crippen molar-refractivity contribution in [3.63, 3.8) is 0 Å². The van der Waals surface area contributed by atoms with Crippen LogP contribution in [0.4, 0.5) is 10.5 Å². The molecule has 0 radical (unpaired) electrons. The minimum Gasteiger partial charge on any atom is -0.465 e. The van der Waals surface area contributed by atoms with Crippen LogP contribution in [0, 0.1) is 6.92 Å². The van der Waals surface area contributed by atoms with Gasteiger partial charge in [0, 0.05) is 11.3 Å². The summed E-state index contributed by atoms with van der Waals surface area (Å²) in [4.78, 5) is 44.0. The van der Waals surface area contributed by atoms with Gasteiger partial charge in [-0.15, -0.1) is 0 Å². The number of carbonyl (C=O) groups excluding carboxylic acids is 3. The lowest BCUT2D eigenvalue weighted by Gasteiger charge is -2.26. The number of fused-ring (bicyclic) bond motifs is 1. The highest BCUT2D eigenvalue weighted by Gasteiger charge is 2.34. The van der Waals surface area contributed by atoms with E-state index in [0.29, 0.717) is 17.8 Å². The highest BCUT2D eigenvalue weighted by Crippen LogP contribution is 2.30. The second-order valence-electron chi connectivity index (χ2n) is 7.24. The molecule has 1 heterocycles. The van der Waals surface area contributed by atoms with Crippen LogP contribution >= 0.6 is 0 Å². The fourth-order valence-electron chi connectivity index (χ4n) is 3.53. The predicted molar refractivity (Wildman–Crippen MR) is 121 cm³/mol. The van der Waals surface area contributed by atoms with Gasteiger partial charge in [-0.25, -0.2) is 4.79 Å². The highest BCUT2D eigenvalue weighted by molar-refractivity contribution is 6.14. The van der Waals surface area contributed by atoms with Gasteiger partial charge < -0.3 is 9.47 Å². The number of amides is 2. The molecular formula is C24H27N3O5. The summed E-state index contributed by atoms with van der Waals surface area (Å²) in [7, 11) is 0. The number of anilines is 1. The molecule has 2 aromatic rings. The third-order valence-electron chi connectivity index (χ3n) is 5.00. The van der Waals surface area contributed by atoms with Crippen LogP contribution in [-0.2, 0) is 25.7 Å². The average molecular weight is 437 g/mol. The highest BCUT2D eigenvalue weighted by atomic mass is 16.5. The fraction of sp³-hybridized carbons (Fsp3) is 0.333. The first-order chi connectivity index (χ1) is 15.4. The molecule has 0 aromatic heterocycles. The number of hydrogen-bond acceptors (Lipinski definition) is 6. The molecule has 8 heteroatoms. The quantitative estimate of drug-likeness (QED) is 0.670. The van der Waals surface area contributed by atoms with E-state index >= 15 is 0 Å². The van der Waals surface area contributed by atoms with Crippen LogP contribution in [0.2, 0.25) is 0 Å². The number of nitrogens with one attached hydrogen (secondary N) is 1. The molecule has 0 fully saturated rings. The van der Waals surface area contributed by atoms with E-state index in [1.54, 1.807) is 6.92 Å². The van der Waals surface area contributed by atoms with Crippen molar-refractivity contribution in [3.8, 4) is 0 Å². The zero-order valence-electron chi connectivity index (χ0n) is 18.5. The summed E-state index contributed by atoms with van der Waals surface area (Å²) >= 11 is 0. The minimum absolute atomic E-state index is 0.0593. The molecule has 1 atom stereocenters. The summed E-state index contributed by atoms with van der Waals surface area (Å²) < 4.78 is 10.3. The molecule has 1 aliphatic heterocycles. The molecule has 8 nitrogen and oxygen atoms in total. The number of nitrogens with zero attached hydrogens (tertiary/aromatic N) is 2. The van der Waals surface area contributed by atoms with Crippen LogP contribution in [0.3, 0.4) is 0 Å². The Labute approximate surface area is 187 Å². The number of aliphatic imine (C=N–C) groups is 1. The molecule has 0 saturated heterocycles. The van der Waals surface area contributed by atoms with Crippen molar-refractivity contribution in [2.75, 3.05) is 18.1 Å². The number of esters is 1. The summed E-state index contributed by atoms with van der Waals surface area (Å²) in [5.41, 5.74) is 3.62. The number of carbonyl (C=O) groups is 3. The van der Waals surface area contributed by atoms with Crippen LogP contribution < -0.4 is 10.2 Å². The monoisotopic (exact) mass is 437 g/mol. The maximum atomic E-state index is 13.4. The normalized spacial score (nSPS) is 15.3. The largest absolute Gasteiger partial charge is 0.465 e. The van der Waals surface area contributed by atoms with Gasteiger partial charge in [0.2, 0.25) is 6.17 Å². The van der Waals surface area contributed by atoms with Gasteiger partial charge in [-0.2, -0.15) is 0 Å². The SMILES string of the molecule is CCOC(=O)CN1C(=O)[C@@H](NC(=O)OCc2ccccc2)N=C(CC)c2cccc(C)c21. The van der Waals surface area contributed by atoms with Crippen molar-refractivity contribution in [1.82, 2.24) is 5.32 Å². The molecule has 1 aliphatic rings. The molecule has 3 rings (SSSR count). The molecule has 2 amide bonds. The number of alkyl carbamates (subject to hydrolysis) is 1. The molecule has 2 aromatic carbocycles. The van der Waals surface area contributed by atoms with E-state index < -0.39 is 24.1 Å². The van der Waals surface area contributed by atoms with Crippen molar-refractivity contribution in [3.05, 3.63) is 65.2 Å². The zero-order chi connectivity index (χ0) is 23.1. The number of benzene rings is 2. The summed E-state index contributed by atoms with van der Waals surface area (Å²) in [5.74, 6) is -1.07. The first-order valence-corrected chi connectivity index (χ1v) is 10.6. The van der Waals surface area contributed by atoms with E-state index in [1.165, 1.54) is 4.90 Å². The maximum Gasteiger partial charge on any atom is 0.409 e. The second kappa shape index (κ2) is 10.6. The van der Waals surface area contributed by atoms with E-state index in [-0.39, 0.29) is 19.8 Å². The van der Waals surface area contributed by atoms with E-state index in [1.807, 2.05) is 62.4 Å². The van der Waals surface area contributed by atoms with Gasteiger partial charge in [0.05, 0.1) is 12.3 Å². The van der Waals surface area contributed by atoms with Gasteiger partial charge in [0.25, 0.3) is 5.91 Å². The van der Waals surface area contributed by atoms with Crippen LogP contribution in [0.5, 0.6) is 0 Å². The number of ether oxygens (including phenoxy) is 2. The van der Waals surface area contributed by atoms with E-state index in [0.717, 1.165) is 16.7 Å². The van der Waals surface area contributed by atoms with Gasteiger partial charge in [0.15, 0.2) is 0 Å². The first-order valence-electron chi connectivity index (χ1n) is 10.6. The zero-order valence-corrected chi connectivity index (χ0v) is 18.5. The molecule has 168 valence electrons. The third kappa shape index (κ3) is 5.32. The molecule has 1 N–H and O–H groups in total. The van der Waals surface area contributed by atoms with Gasteiger partial charge in [-0.05, 0) is 31.4 Å². The summed E-state index contributed by atoms with van der Waals surface area (Å²) in [6.45, 7) is 5.46. The average Bonchev–Trinajstić information content (AvgIpc) is 2.89. The number of benzodiazepines with no additional fused rings is 1. The molecule has 0 spiro atoms. The topological polar surface area (TPSA) is 97.3 Å². The summed E-state index contributed by atoms with van der Waals surface area (Å²) in [6.07, 6.45) is -1.46. The van der Waals surface area contributed by atoms with Crippen molar-refractivity contribution in [2.24, 2.45) is 4.99 Å². The molecule has 0 unspecified atom stereocenters. The number of rotatable bonds is 7. The number of hydrogen-bond donors (Lipinski definition) is 1. The Morgan fingerprint density at radius 2 is 1.81 bits per heavy atom. The van der Waals surface area contributed by atoms with Crippen molar-refractivity contribution in [2.45, 2.75) is 40.0 Å². The maximum absolute atomic E-state index is 13.4. The van der Waals surface area contributed by atoms with E-state index in [2.05, 4.69) is 10.3 Å². The fourth-order valence-corrected chi connectivity index (χ4v) is 3.53. The lowest BCUT2D eigenvalue weighted by Crippen LogP contribution is -2.49. The summed E-state index contributed by atoms with van der Waals surface area (Å²) in [5, 5.41) is 2.54. The van der Waals surface area contributed by atoms with Gasteiger partial charge in [0.1, 0.15) is 13.2 Å². The van der Waals surface area contributed by atoms with Crippen LogP contribution in [0.15, 0.2) is 53.5 Å². The Morgan fingerprint density at radius 3 is 2.50 bits per heavy atom. The Bertz CT molecular complexity index is 1020. The minimum atomic E-state index is -1.23. The Hall–Kier alpha value is -3.68. The van der Waals surface area contributed by atoms with Gasteiger partial charge in [-0.3, -0.25) is 24.8 Å². The molecule has 0 bridgehead atoms. The third-order valence-corrected chi connectivity index (χ3v) is 5.00. The Morgan fingerprint density at radius 1 is 1.06 bits per heavy atom. The molecule has 32 heavy (non-hydrogen) atoms. The Balaban J connectivity index is 1.88. The van der Waals surface area contributed by atoms with E-state index in [4.69, 9.17) is 9.47 Å². The predicted octanol–water partition coefficient (Wildman–Crippen LogP) is 3.36. The standard InChI is InChI=1S/C24H27N3O5/c1-4-19-18-13-9-10-16(3)21(18)27(14-20(28)31-5-2)23(29)22(25-19)26-24(30)32-15-17-11-7-6-8-12-17/h6-13,22H,4-5,14-15H2,1-3H3,(H,26,30)/t22-/m1/s1.